The number of para-hydroxylation sites is 1. The number of carbonyl (C=O) groups is 1. The third-order valence-electron chi connectivity index (χ3n) is 3.12. The lowest BCUT2D eigenvalue weighted by Crippen LogP contribution is -2.30. The van der Waals surface area contributed by atoms with E-state index in [1.807, 2.05) is 19.1 Å². The molecule has 21 heavy (non-hydrogen) atoms. The van der Waals surface area contributed by atoms with Gasteiger partial charge < -0.3 is 4.90 Å². The standard InChI is InChI=1S/C15H15N3O3/c1-2-17(11-12-7-9-16-10-8-12)15(19)13-5-3-4-6-14(13)18(20)21/h3-10H,2,11H2,1H3. The first-order valence-corrected chi connectivity index (χ1v) is 6.55. The van der Waals surface area contributed by atoms with Crippen molar-refractivity contribution >= 4 is 11.6 Å². The SMILES string of the molecule is CCN(Cc1ccncc1)C(=O)c1ccccc1[N+](=O)[O-]. The van der Waals surface area contributed by atoms with Crippen LogP contribution in [0, 0.1) is 10.1 Å². The Kier molecular flexibility index (Phi) is 4.61. The minimum absolute atomic E-state index is 0.110. The van der Waals surface area contributed by atoms with E-state index in [9.17, 15) is 14.9 Å². The lowest BCUT2D eigenvalue weighted by molar-refractivity contribution is -0.385. The molecule has 0 saturated heterocycles. The highest BCUT2D eigenvalue weighted by Crippen LogP contribution is 2.20. The molecule has 0 N–H and O–H groups in total. The molecule has 0 aliphatic carbocycles. The van der Waals surface area contributed by atoms with Crippen molar-refractivity contribution in [2.75, 3.05) is 6.54 Å². The van der Waals surface area contributed by atoms with E-state index in [2.05, 4.69) is 4.98 Å². The van der Waals surface area contributed by atoms with E-state index in [1.54, 1.807) is 29.4 Å². The van der Waals surface area contributed by atoms with Gasteiger partial charge >= 0.3 is 0 Å². The summed E-state index contributed by atoms with van der Waals surface area (Å²) in [5, 5.41) is 11.0. The largest absolute Gasteiger partial charge is 0.334 e. The highest BCUT2D eigenvalue weighted by atomic mass is 16.6. The van der Waals surface area contributed by atoms with Crippen LogP contribution < -0.4 is 0 Å². The molecule has 0 spiro atoms. The molecule has 0 aliphatic rings. The summed E-state index contributed by atoms with van der Waals surface area (Å²) in [4.78, 5) is 28.5. The Hall–Kier alpha value is -2.76. The van der Waals surface area contributed by atoms with Crippen LogP contribution in [0.2, 0.25) is 0 Å². The number of nitrogens with zero attached hydrogens (tertiary/aromatic N) is 3. The van der Waals surface area contributed by atoms with Crippen LogP contribution in [0.1, 0.15) is 22.8 Å². The van der Waals surface area contributed by atoms with E-state index in [0.717, 1.165) is 5.56 Å². The molecule has 1 heterocycles. The van der Waals surface area contributed by atoms with Crippen molar-refractivity contribution in [1.29, 1.82) is 0 Å². The van der Waals surface area contributed by atoms with Gasteiger partial charge in [-0.15, -0.1) is 0 Å². The second kappa shape index (κ2) is 6.60. The monoisotopic (exact) mass is 285 g/mol. The summed E-state index contributed by atoms with van der Waals surface area (Å²) in [5.74, 6) is -0.346. The van der Waals surface area contributed by atoms with Crippen LogP contribution in [0.5, 0.6) is 0 Å². The number of benzene rings is 1. The second-order valence-electron chi connectivity index (χ2n) is 4.45. The Morgan fingerprint density at radius 2 is 1.90 bits per heavy atom. The summed E-state index contributed by atoms with van der Waals surface area (Å²) >= 11 is 0. The van der Waals surface area contributed by atoms with Gasteiger partial charge in [-0.25, -0.2) is 0 Å². The second-order valence-corrected chi connectivity index (χ2v) is 4.45. The fraction of sp³-hybridized carbons (Fsp3) is 0.200. The molecule has 6 nitrogen and oxygen atoms in total. The van der Waals surface area contributed by atoms with Gasteiger partial charge in [0.1, 0.15) is 5.56 Å². The number of amides is 1. The van der Waals surface area contributed by atoms with Crippen molar-refractivity contribution in [1.82, 2.24) is 9.88 Å². The Labute approximate surface area is 122 Å². The molecule has 2 aromatic rings. The van der Waals surface area contributed by atoms with Crippen LogP contribution >= 0.6 is 0 Å². The van der Waals surface area contributed by atoms with Gasteiger partial charge in [-0.3, -0.25) is 19.9 Å². The minimum Gasteiger partial charge on any atom is -0.334 e. The Bertz CT molecular complexity index is 644. The number of aromatic nitrogens is 1. The fourth-order valence-corrected chi connectivity index (χ4v) is 2.02. The average Bonchev–Trinajstić information content (AvgIpc) is 2.53. The summed E-state index contributed by atoms with van der Waals surface area (Å²) in [6, 6.07) is 9.63. The number of hydrogen-bond acceptors (Lipinski definition) is 4. The fourth-order valence-electron chi connectivity index (χ4n) is 2.02. The van der Waals surface area contributed by atoms with Gasteiger partial charge in [0.15, 0.2) is 0 Å². The Morgan fingerprint density at radius 3 is 2.52 bits per heavy atom. The van der Waals surface area contributed by atoms with Gasteiger partial charge in [-0.05, 0) is 30.7 Å². The predicted molar refractivity (Wildman–Crippen MR) is 77.7 cm³/mol. The smallest absolute Gasteiger partial charge is 0.282 e. The van der Waals surface area contributed by atoms with Crippen LogP contribution in [0.25, 0.3) is 0 Å². The van der Waals surface area contributed by atoms with Gasteiger partial charge in [-0.1, -0.05) is 12.1 Å². The first-order chi connectivity index (χ1) is 10.1. The summed E-state index contributed by atoms with van der Waals surface area (Å²) < 4.78 is 0. The van der Waals surface area contributed by atoms with Crippen molar-refractivity contribution in [2.45, 2.75) is 13.5 Å². The van der Waals surface area contributed by atoms with Crippen LogP contribution in [0.15, 0.2) is 48.8 Å². The van der Waals surface area contributed by atoms with E-state index in [-0.39, 0.29) is 17.2 Å². The van der Waals surface area contributed by atoms with Crippen molar-refractivity contribution < 1.29 is 9.72 Å². The normalized spacial score (nSPS) is 10.1. The lowest BCUT2D eigenvalue weighted by Gasteiger charge is -2.20. The highest BCUT2D eigenvalue weighted by molar-refractivity contribution is 5.98. The molecule has 0 atom stereocenters. The third-order valence-corrected chi connectivity index (χ3v) is 3.12. The molecular formula is C15H15N3O3. The molecule has 2 rings (SSSR count). The predicted octanol–water partition coefficient (Wildman–Crippen LogP) is 2.65. The third kappa shape index (κ3) is 3.42. The summed E-state index contributed by atoms with van der Waals surface area (Å²) in [6.45, 7) is 2.70. The summed E-state index contributed by atoms with van der Waals surface area (Å²) in [7, 11) is 0. The topological polar surface area (TPSA) is 76.3 Å². The molecule has 0 unspecified atom stereocenters. The maximum absolute atomic E-state index is 12.5. The Balaban J connectivity index is 2.27. The molecule has 1 amide bonds. The zero-order chi connectivity index (χ0) is 15.2. The van der Waals surface area contributed by atoms with Crippen molar-refractivity contribution in [3.8, 4) is 0 Å². The highest BCUT2D eigenvalue weighted by Gasteiger charge is 2.23. The molecule has 0 saturated carbocycles. The number of nitro benzene ring substituents is 1. The van der Waals surface area contributed by atoms with Gasteiger partial charge in [0.2, 0.25) is 0 Å². The zero-order valence-corrected chi connectivity index (χ0v) is 11.6. The molecule has 0 fully saturated rings. The van der Waals surface area contributed by atoms with Crippen LogP contribution in [0.3, 0.4) is 0 Å². The van der Waals surface area contributed by atoms with E-state index in [4.69, 9.17) is 0 Å². The van der Waals surface area contributed by atoms with Crippen LogP contribution in [0.4, 0.5) is 5.69 Å². The van der Waals surface area contributed by atoms with Crippen molar-refractivity contribution in [2.24, 2.45) is 0 Å². The Morgan fingerprint density at radius 1 is 1.24 bits per heavy atom. The zero-order valence-electron chi connectivity index (χ0n) is 11.6. The summed E-state index contributed by atoms with van der Waals surface area (Å²) in [6.07, 6.45) is 3.30. The van der Waals surface area contributed by atoms with E-state index >= 15 is 0 Å². The van der Waals surface area contributed by atoms with Crippen molar-refractivity contribution in [3.63, 3.8) is 0 Å². The van der Waals surface area contributed by atoms with Crippen LogP contribution in [-0.2, 0) is 6.54 Å². The van der Waals surface area contributed by atoms with Gasteiger partial charge in [-0.2, -0.15) is 0 Å². The summed E-state index contributed by atoms with van der Waals surface area (Å²) in [5.41, 5.74) is 0.868. The van der Waals surface area contributed by atoms with E-state index in [1.165, 1.54) is 12.1 Å². The van der Waals surface area contributed by atoms with E-state index < -0.39 is 4.92 Å². The molecule has 0 bridgehead atoms. The maximum Gasteiger partial charge on any atom is 0.282 e. The van der Waals surface area contributed by atoms with Gasteiger partial charge in [0.25, 0.3) is 11.6 Å². The number of carbonyl (C=O) groups excluding carboxylic acids is 1. The first kappa shape index (κ1) is 14.6. The van der Waals surface area contributed by atoms with Crippen LogP contribution in [-0.4, -0.2) is 27.3 Å². The molecule has 6 heteroatoms. The molecular weight excluding hydrogens is 270 g/mol. The minimum atomic E-state index is -0.534. The van der Waals surface area contributed by atoms with Gasteiger partial charge in [0.05, 0.1) is 4.92 Å². The maximum atomic E-state index is 12.5. The number of hydrogen-bond donors (Lipinski definition) is 0. The molecule has 108 valence electrons. The van der Waals surface area contributed by atoms with E-state index in [0.29, 0.717) is 13.1 Å². The molecule has 1 aromatic carbocycles. The van der Waals surface area contributed by atoms with Crippen molar-refractivity contribution in [3.05, 3.63) is 70.0 Å². The molecule has 0 aliphatic heterocycles. The number of pyridine rings is 1. The van der Waals surface area contributed by atoms with Gasteiger partial charge in [0, 0.05) is 31.5 Å². The quantitative estimate of drug-likeness (QED) is 0.625. The number of rotatable bonds is 5. The first-order valence-electron chi connectivity index (χ1n) is 6.55. The molecule has 0 radical (unpaired) electrons. The number of nitro groups is 1. The molecule has 1 aromatic heterocycles. The average molecular weight is 285 g/mol. The lowest BCUT2D eigenvalue weighted by atomic mass is 10.1.